The van der Waals surface area contributed by atoms with Crippen LogP contribution in [0.2, 0.25) is 0 Å². The maximum atomic E-state index is 13.3. The van der Waals surface area contributed by atoms with Gasteiger partial charge in [0.25, 0.3) is 5.91 Å². The van der Waals surface area contributed by atoms with Gasteiger partial charge in [0, 0.05) is 53.6 Å². The molecule has 2 aliphatic heterocycles. The van der Waals surface area contributed by atoms with E-state index in [1.165, 1.54) is 25.3 Å². The van der Waals surface area contributed by atoms with E-state index in [-0.39, 0.29) is 17.4 Å². The second-order valence-electron chi connectivity index (χ2n) is 11.3. The monoisotopic (exact) mass is 549 g/mol. The highest BCUT2D eigenvalue weighted by Gasteiger charge is 2.28. The van der Waals surface area contributed by atoms with Crippen LogP contribution in [0.5, 0.6) is 0 Å². The van der Waals surface area contributed by atoms with E-state index in [9.17, 15) is 14.4 Å². The summed E-state index contributed by atoms with van der Waals surface area (Å²) < 4.78 is 6.46. The van der Waals surface area contributed by atoms with Crippen molar-refractivity contribution in [2.45, 2.75) is 45.7 Å². The molecule has 1 amide bonds. The number of hydrogen-bond acceptors (Lipinski definition) is 6. The number of nitrogens with zero attached hydrogens (tertiary/aromatic N) is 2. The lowest BCUT2D eigenvalue weighted by Crippen LogP contribution is -2.38. The van der Waals surface area contributed by atoms with Crippen LogP contribution in [0.4, 0.5) is 5.69 Å². The summed E-state index contributed by atoms with van der Waals surface area (Å²) in [5.74, 6) is 0.534. The molecule has 1 saturated heterocycles. The topological polar surface area (TPSA) is 82.9 Å². The smallest absolute Gasteiger partial charge is 0.254 e. The molecule has 0 bridgehead atoms. The predicted octanol–water partition coefficient (Wildman–Crippen LogP) is 6.20. The van der Waals surface area contributed by atoms with Gasteiger partial charge < -0.3 is 19.5 Å². The first kappa shape index (κ1) is 27.0. The van der Waals surface area contributed by atoms with Crippen molar-refractivity contribution in [3.63, 3.8) is 0 Å². The fourth-order valence-electron chi connectivity index (χ4n) is 6.10. The molecule has 1 unspecified atom stereocenters. The quantitative estimate of drug-likeness (QED) is 0.264. The van der Waals surface area contributed by atoms with Crippen LogP contribution < -0.4 is 10.7 Å². The predicted molar refractivity (Wildman–Crippen MR) is 162 cm³/mol. The summed E-state index contributed by atoms with van der Waals surface area (Å²) in [6.07, 6.45) is 4.59. The van der Waals surface area contributed by atoms with Crippen LogP contribution in [0, 0.1) is 6.92 Å². The van der Waals surface area contributed by atoms with Gasteiger partial charge in [-0.15, -0.1) is 0 Å². The lowest BCUT2D eigenvalue weighted by atomic mass is 9.99. The molecule has 210 valence electrons. The Bertz CT molecular complexity index is 1690. The summed E-state index contributed by atoms with van der Waals surface area (Å²) in [6, 6.07) is 18.2. The molecule has 6 rings (SSSR count). The first-order chi connectivity index (χ1) is 19.9. The molecule has 1 fully saturated rings. The third-order valence-corrected chi connectivity index (χ3v) is 8.33. The van der Waals surface area contributed by atoms with E-state index in [1.54, 1.807) is 6.07 Å². The molecule has 0 saturated carbocycles. The number of amides is 1. The summed E-state index contributed by atoms with van der Waals surface area (Å²) in [5.41, 5.74) is 5.91. The fraction of sp³-hybridized carbons (Fsp3) is 0.324. The Hall–Kier alpha value is -4.23. The standard InChI is InChI=1S/C34H35N3O4/c1-22-16-28(23(2)35-30-9-5-4-8-25(30)21-38)33-29(17-22)31(39)19-32(41-33)24-10-11-27-26(18-24)20-37(34(27)40)15-14-36-12-6-3-7-13-36/h4-5,8-11,16-19,21,23,35H,3,6-7,12-15,20H2,1-2H3. The van der Waals surface area contributed by atoms with Crippen LogP contribution >= 0.6 is 0 Å². The minimum Gasteiger partial charge on any atom is -0.455 e. The van der Waals surface area contributed by atoms with Gasteiger partial charge in [-0.25, -0.2) is 0 Å². The molecule has 4 aromatic rings. The Morgan fingerprint density at radius 2 is 1.78 bits per heavy atom. The first-order valence-corrected chi connectivity index (χ1v) is 14.5. The van der Waals surface area contributed by atoms with Gasteiger partial charge in [-0.1, -0.05) is 30.7 Å². The summed E-state index contributed by atoms with van der Waals surface area (Å²) in [7, 11) is 0. The number of anilines is 1. The van der Waals surface area contributed by atoms with E-state index in [4.69, 9.17) is 4.42 Å². The molecule has 1 N–H and O–H groups in total. The number of likely N-dealkylation sites (tertiary alicyclic amines) is 1. The number of piperidine rings is 1. The molecular weight excluding hydrogens is 514 g/mol. The Morgan fingerprint density at radius 1 is 0.976 bits per heavy atom. The van der Waals surface area contributed by atoms with Gasteiger partial charge >= 0.3 is 0 Å². The number of rotatable bonds is 8. The van der Waals surface area contributed by atoms with Gasteiger partial charge in [0.2, 0.25) is 0 Å². The number of benzene rings is 3. The highest BCUT2D eigenvalue weighted by molar-refractivity contribution is 5.99. The maximum Gasteiger partial charge on any atom is 0.254 e. The van der Waals surface area contributed by atoms with Crippen LogP contribution in [0.1, 0.15) is 69.6 Å². The number of carbonyl (C=O) groups is 2. The fourth-order valence-corrected chi connectivity index (χ4v) is 6.10. The Kier molecular flexibility index (Phi) is 7.45. The SMILES string of the molecule is Cc1cc(C(C)Nc2ccccc2C=O)c2oc(-c3ccc4c(c3)CN(CCN3CCCCC3)C4=O)cc(=O)c2c1. The van der Waals surface area contributed by atoms with Gasteiger partial charge in [0.1, 0.15) is 11.3 Å². The largest absolute Gasteiger partial charge is 0.455 e. The van der Waals surface area contributed by atoms with Crippen molar-refractivity contribution in [2.75, 3.05) is 31.5 Å². The van der Waals surface area contributed by atoms with E-state index in [0.29, 0.717) is 28.8 Å². The van der Waals surface area contributed by atoms with E-state index in [0.717, 1.165) is 66.0 Å². The highest BCUT2D eigenvalue weighted by atomic mass is 16.3. The number of aryl methyl sites for hydroxylation is 1. The number of aldehydes is 1. The van der Waals surface area contributed by atoms with Crippen LogP contribution in [-0.2, 0) is 6.54 Å². The van der Waals surface area contributed by atoms with Crippen molar-refractivity contribution in [2.24, 2.45) is 0 Å². The lowest BCUT2D eigenvalue weighted by molar-refractivity contribution is 0.0752. The van der Waals surface area contributed by atoms with Gasteiger partial charge in [0.05, 0.1) is 11.4 Å². The normalized spacial score (nSPS) is 16.1. The van der Waals surface area contributed by atoms with Crippen molar-refractivity contribution in [1.29, 1.82) is 0 Å². The molecule has 1 aromatic heterocycles. The third-order valence-electron chi connectivity index (χ3n) is 8.33. The van der Waals surface area contributed by atoms with E-state index in [1.807, 2.05) is 67.3 Å². The average molecular weight is 550 g/mol. The summed E-state index contributed by atoms with van der Waals surface area (Å²) in [5, 5.41) is 3.93. The minimum absolute atomic E-state index is 0.0665. The zero-order valence-corrected chi connectivity index (χ0v) is 23.6. The highest BCUT2D eigenvalue weighted by Crippen LogP contribution is 2.33. The van der Waals surface area contributed by atoms with Crippen LogP contribution in [0.25, 0.3) is 22.3 Å². The number of hydrogen-bond donors (Lipinski definition) is 1. The Labute approximate surface area is 239 Å². The second kappa shape index (κ2) is 11.3. The summed E-state index contributed by atoms with van der Waals surface area (Å²) in [4.78, 5) is 42.4. The summed E-state index contributed by atoms with van der Waals surface area (Å²) >= 11 is 0. The number of nitrogens with one attached hydrogen (secondary N) is 1. The van der Waals surface area contributed by atoms with E-state index in [2.05, 4.69) is 10.2 Å². The van der Waals surface area contributed by atoms with Crippen LogP contribution in [0.15, 0.2) is 69.9 Å². The molecule has 0 radical (unpaired) electrons. The van der Waals surface area contributed by atoms with E-state index < -0.39 is 0 Å². The molecular formula is C34H35N3O4. The van der Waals surface area contributed by atoms with Gasteiger partial charge in [-0.05, 0) is 81.2 Å². The van der Waals surface area contributed by atoms with Crippen molar-refractivity contribution in [1.82, 2.24) is 9.80 Å². The van der Waals surface area contributed by atoms with Crippen molar-refractivity contribution >= 4 is 28.8 Å². The molecule has 0 spiro atoms. The molecule has 7 nitrogen and oxygen atoms in total. The molecule has 3 aromatic carbocycles. The van der Waals surface area contributed by atoms with Crippen molar-refractivity contribution in [3.8, 4) is 11.3 Å². The second-order valence-corrected chi connectivity index (χ2v) is 11.3. The lowest BCUT2D eigenvalue weighted by Gasteiger charge is -2.28. The van der Waals surface area contributed by atoms with Crippen LogP contribution in [-0.4, -0.2) is 48.2 Å². The molecule has 41 heavy (non-hydrogen) atoms. The van der Waals surface area contributed by atoms with E-state index >= 15 is 0 Å². The first-order valence-electron chi connectivity index (χ1n) is 14.5. The van der Waals surface area contributed by atoms with Gasteiger partial charge in [-0.2, -0.15) is 0 Å². The van der Waals surface area contributed by atoms with Crippen LogP contribution in [0.3, 0.4) is 0 Å². The number of fused-ring (bicyclic) bond motifs is 2. The third kappa shape index (κ3) is 5.42. The van der Waals surface area contributed by atoms with Gasteiger partial charge in [-0.3, -0.25) is 14.4 Å². The Balaban J connectivity index is 1.30. The molecule has 3 heterocycles. The van der Waals surface area contributed by atoms with Crippen molar-refractivity contribution in [3.05, 3.63) is 98.7 Å². The van der Waals surface area contributed by atoms with Gasteiger partial charge in [0.15, 0.2) is 11.7 Å². The Morgan fingerprint density at radius 3 is 2.59 bits per heavy atom. The molecule has 0 aliphatic carbocycles. The summed E-state index contributed by atoms with van der Waals surface area (Å²) in [6.45, 7) is 8.35. The number of carbonyl (C=O) groups excluding carboxylic acids is 2. The molecule has 7 heteroatoms. The average Bonchev–Trinajstić information content (AvgIpc) is 3.31. The molecule has 2 aliphatic rings. The van der Waals surface area contributed by atoms with Crippen molar-refractivity contribution < 1.29 is 14.0 Å². The zero-order chi connectivity index (χ0) is 28.5. The molecule has 1 atom stereocenters. The minimum atomic E-state index is -0.233. The maximum absolute atomic E-state index is 13.3. The zero-order valence-electron chi connectivity index (χ0n) is 23.6. The number of para-hydroxylation sites is 1.